The molecule has 0 fully saturated rings. The molecule has 0 heterocycles. The molecule has 0 aromatic rings. The maximum absolute atomic E-state index is 11.7. The highest BCUT2D eigenvalue weighted by atomic mass is 16.6. The van der Waals surface area contributed by atoms with Gasteiger partial charge in [0.2, 0.25) is 5.76 Å². The Kier molecular flexibility index (Phi) is 12.2. The van der Waals surface area contributed by atoms with E-state index in [9.17, 15) is 28.8 Å². The van der Waals surface area contributed by atoms with Gasteiger partial charge in [-0.05, 0) is 0 Å². The zero-order valence-electron chi connectivity index (χ0n) is 15.4. The summed E-state index contributed by atoms with van der Waals surface area (Å²) < 4.78 is 23.1. The summed E-state index contributed by atoms with van der Waals surface area (Å²) in [6, 6.07) is 0. The molecule has 0 radical (unpaired) electrons. The normalized spacial score (nSPS) is 12.1. The molecule has 0 aromatic carbocycles. The van der Waals surface area contributed by atoms with Crippen LogP contribution in [-0.2, 0) is 52.5 Å². The second-order valence-electron chi connectivity index (χ2n) is 4.69. The number of esters is 4. The zero-order chi connectivity index (χ0) is 22.2. The Morgan fingerprint density at radius 3 is 1.76 bits per heavy atom. The van der Waals surface area contributed by atoms with Gasteiger partial charge in [0, 0.05) is 30.4 Å². The summed E-state index contributed by atoms with van der Waals surface area (Å²) in [6.45, 7) is -1.21. The summed E-state index contributed by atoms with van der Waals surface area (Å²) in [5, 5.41) is 8.87. The lowest BCUT2D eigenvalue weighted by molar-refractivity contribution is -0.156. The maximum Gasteiger partial charge on any atom is 0.371 e. The van der Waals surface area contributed by atoms with Gasteiger partial charge in [0.15, 0.2) is 6.10 Å². The molecule has 0 aliphatic rings. The quantitative estimate of drug-likeness (QED) is 0.137. The number of methoxy groups -OCH3 is 2. The highest BCUT2D eigenvalue weighted by Crippen LogP contribution is 2.04. The van der Waals surface area contributed by atoms with E-state index < -0.39 is 54.9 Å². The van der Waals surface area contributed by atoms with E-state index in [0.717, 1.165) is 38.5 Å². The monoisotopic (exact) mass is 414 g/mol. The summed E-state index contributed by atoms with van der Waals surface area (Å²) in [5.41, 5.74) is 0. The number of ether oxygens (including phenoxy) is 5. The third-order valence-electron chi connectivity index (χ3n) is 2.66. The van der Waals surface area contributed by atoms with Crippen LogP contribution in [0.25, 0.3) is 0 Å². The van der Waals surface area contributed by atoms with Crippen LogP contribution < -0.4 is 0 Å². The lowest BCUT2D eigenvalue weighted by atomic mass is 10.3. The van der Waals surface area contributed by atoms with Crippen LogP contribution in [0.3, 0.4) is 0 Å². The van der Waals surface area contributed by atoms with Gasteiger partial charge >= 0.3 is 29.8 Å². The fourth-order valence-electron chi connectivity index (χ4n) is 1.38. The van der Waals surface area contributed by atoms with E-state index in [2.05, 4.69) is 9.47 Å². The van der Waals surface area contributed by atoms with Crippen LogP contribution in [0.5, 0.6) is 0 Å². The molecule has 158 valence electrons. The Morgan fingerprint density at radius 1 is 0.793 bits per heavy atom. The molecular weight excluding hydrogens is 396 g/mol. The number of carboxylic acids is 1. The smallest absolute Gasteiger partial charge is 0.371 e. The average Bonchev–Trinajstić information content (AvgIpc) is 2.70. The summed E-state index contributed by atoms with van der Waals surface area (Å²) >= 11 is 0. The van der Waals surface area contributed by atoms with Gasteiger partial charge in [0.1, 0.15) is 19.5 Å². The molecule has 0 aliphatic heterocycles. The number of carbonyl (C=O) groups excluding carboxylic acids is 5. The fourth-order valence-corrected chi connectivity index (χ4v) is 1.38. The number of carboxylic acid groups (broad SMARTS) is 1. The second kappa shape index (κ2) is 14.1. The molecule has 0 aliphatic carbocycles. The third-order valence-corrected chi connectivity index (χ3v) is 2.66. The second-order valence-corrected chi connectivity index (χ2v) is 4.69. The number of carbonyl (C=O) groups is 6. The van der Waals surface area contributed by atoms with E-state index in [4.69, 9.17) is 19.3 Å². The van der Waals surface area contributed by atoms with Gasteiger partial charge in [-0.25, -0.2) is 24.0 Å². The van der Waals surface area contributed by atoms with Gasteiger partial charge in [-0.1, -0.05) is 0 Å². The molecule has 1 unspecified atom stereocenters. The van der Waals surface area contributed by atoms with Crippen LogP contribution in [0, 0.1) is 0 Å². The highest BCUT2D eigenvalue weighted by Gasteiger charge is 2.19. The lowest BCUT2D eigenvalue weighted by Crippen LogP contribution is -2.29. The lowest BCUT2D eigenvalue weighted by Gasteiger charge is -2.17. The van der Waals surface area contributed by atoms with Crippen molar-refractivity contribution in [3.05, 3.63) is 36.1 Å². The van der Waals surface area contributed by atoms with Gasteiger partial charge < -0.3 is 28.8 Å². The van der Waals surface area contributed by atoms with E-state index in [-0.39, 0.29) is 6.29 Å². The van der Waals surface area contributed by atoms with E-state index in [1.807, 2.05) is 0 Å². The van der Waals surface area contributed by atoms with E-state index in [1.54, 1.807) is 0 Å². The van der Waals surface area contributed by atoms with Crippen molar-refractivity contribution in [3.63, 3.8) is 0 Å². The summed E-state index contributed by atoms with van der Waals surface area (Å²) in [5.74, 6) is -6.01. The summed E-state index contributed by atoms with van der Waals surface area (Å²) in [4.78, 5) is 66.4. The molecule has 0 saturated carbocycles. The fraction of sp³-hybridized carbons (Fsp3) is 0.294. The first-order valence-electron chi connectivity index (χ1n) is 7.64. The molecule has 0 rings (SSSR count). The standard InChI is InChI=1S/C17H18O12/c1-25-13(19)3-5-15(21)28-10-11(9-27-12(7-8-18)17(23)24)29-16(22)6-4-14(20)26-2/h3-8,11H,9-10H2,1-2H3,(H,23,24)/b5-3+,6-4+,12-7+. The van der Waals surface area contributed by atoms with Crippen molar-refractivity contribution in [2.45, 2.75) is 6.10 Å². The number of aldehydes is 1. The van der Waals surface area contributed by atoms with Gasteiger partial charge in [0.25, 0.3) is 0 Å². The number of allylic oxidation sites excluding steroid dienone is 1. The van der Waals surface area contributed by atoms with Crippen molar-refractivity contribution in [2.75, 3.05) is 27.4 Å². The predicted octanol–water partition coefficient (Wildman–Crippen LogP) is -0.916. The minimum absolute atomic E-state index is 0.168. The number of hydrogen-bond donors (Lipinski definition) is 1. The number of hydrogen-bond acceptors (Lipinski definition) is 11. The Labute approximate surface area is 164 Å². The topological polar surface area (TPSA) is 169 Å². The van der Waals surface area contributed by atoms with Crippen molar-refractivity contribution in [2.24, 2.45) is 0 Å². The highest BCUT2D eigenvalue weighted by molar-refractivity contribution is 5.92. The van der Waals surface area contributed by atoms with Crippen LogP contribution in [0.2, 0.25) is 0 Å². The van der Waals surface area contributed by atoms with Gasteiger partial charge in [-0.15, -0.1) is 0 Å². The third kappa shape index (κ3) is 12.1. The minimum atomic E-state index is -1.56. The van der Waals surface area contributed by atoms with Crippen molar-refractivity contribution >= 4 is 36.1 Å². The molecular formula is C17H18O12. The van der Waals surface area contributed by atoms with Crippen LogP contribution in [-0.4, -0.2) is 74.8 Å². The Hall–Kier alpha value is -3.96. The molecule has 0 saturated heterocycles. The Morgan fingerprint density at radius 2 is 1.28 bits per heavy atom. The molecule has 12 nitrogen and oxygen atoms in total. The van der Waals surface area contributed by atoms with Crippen LogP contribution >= 0.6 is 0 Å². The first-order chi connectivity index (χ1) is 13.7. The molecule has 29 heavy (non-hydrogen) atoms. The molecule has 1 N–H and O–H groups in total. The van der Waals surface area contributed by atoms with E-state index >= 15 is 0 Å². The largest absolute Gasteiger partial charge is 0.482 e. The number of rotatable bonds is 12. The SMILES string of the molecule is COC(=O)/C=C/C(=O)OCC(CO/C(=C/C=O)C(=O)O)OC(=O)/C=C/C(=O)OC. The van der Waals surface area contributed by atoms with Crippen molar-refractivity contribution < 1.29 is 57.6 Å². The van der Waals surface area contributed by atoms with Crippen molar-refractivity contribution in [1.82, 2.24) is 0 Å². The molecule has 1 atom stereocenters. The predicted molar refractivity (Wildman–Crippen MR) is 90.9 cm³/mol. The summed E-state index contributed by atoms with van der Waals surface area (Å²) in [7, 11) is 2.18. The molecule has 0 aromatic heterocycles. The molecule has 0 amide bonds. The van der Waals surface area contributed by atoms with Gasteiger partial charge in [-0.3, -0.25) is 4.79 Å². The first kappa shape index (κ1) is 25.0. The van der Waals surface area contributed by atoms with Crippen LogP contribution in [0.4, 0.5) is 0 Å². The minimum Gasteiger partial charge on any atom is -0.482 e. The maximum atomic E-state index is 11.7. The Balaban J connectivity index is 5.05. The van der Waals surface area contributed by atoms with E-state index in [0.29, 0.717) is 6.08 Å². The average molecular weight is 414 g/mol. The molecule has 12 heteroatoms. The van der Waals surface area contributed by atoms with Crippen LogP contribution in [0.1, 0.15) is 0 Å². The van der Waals surface area contributed by atoms with Gasteiger partial charge in [0.05, 0.1) is 14.2 Å². The molecule has 0 spiro atoms. The molecule has 0 bridgehead atoms. The van der Waals surface area contributed by atoms with Gasteiger partial charge in [-0.2, -0.15) is 0 Å². The van der Waals surface area contributed by atoms with Crippen LogP contribution in [0.15, 0.2) is 36.1 Å². The first-order valence-corrected chi connectivity index (χ1v) is 7.64. The van der Waals surface area contributed by atoms with Crippen molar-refractivity contribution in [1.29, 1.82) is 0 Å². The Bertz CT molecular complexity index is 716. The zero-order valence-corrected chi connectivity index (χ0v) is 15.4. The summed E-state index contributed by atoms with van der Waals surface area (Å²) in [6.07, 6.45) is 2.48. The van der Waals surface area contributed by atoms with Crippen molar-refractivity contribution in [3.8, 4) is 0 Å². The number of aliphatic carboxylic acids is 1. The van der Waals surface area contributed by atoms with E-state index in [1.165, 1.54) is 0 Å².